The van der Waals surface area contributed by atoms with Gasteiger partial charge >= 0.3 is 5.69 Å². The number of nitrogens with one attached hydrogen (secondary N) is 1. The van der Waals surface area contributed by atoms with Gasteiger partial charge in [0.15, 0.2) is 0 Å². The number of rotatable bonds is 4. The van der Waals surface area contributed by atoms with Crippen LogP contribution in [-0.2, 0) is 4.74 Å². The first kappa shape index (κ1) is 17.8. The molecule has 0 spiro atoms. The van der Waals surface area contributed by atoms with Crippen molar-refractivity contribution in [2.24, 2.45) is 0 Å². The Labute approximate surface area is 133 Å². The predicted molar refractivity (Wildman–Crippen MR) is 85.4 cm³/mol. The summed E-state index contributed by atoms with van der Waals surface area (Å²) in [6.45, 7) is 5.35. The number of aromatic amines is 1. The smallest absolute Gasteiger partial charge is 0.330 e. The van der Waals surface area contributed by atoms with Gasteiger partial charge in [0.2, 0.25) is 0 Å². The molecule has 1 aromatic rings. The summed E-state index contributed by atoms with van der Waals surface area (Å²) in [6.07, 6.45) is -1.45. The zero-order valence-corrected chi connectivity index (χ0v) is 14.2. The fourth-order valence-corrected chi connectivity index (χ4v) is 3.29. The summed E-state index contributed by atoms with van der Waals surface area (Å²) >= 11 is 0. The Balaban J connectivity index is 2.44. The van der Waals surface area contributed by atoms with Crippen LogP contribution < -0.4 is 11.2 Å². The van der Waals surface area contributed by atoms with Gasteiger partial charge in [-0.15, -0.1) is 0 Å². The molecular formula is C14H21FN2O5Si. The van der Waals surface area contributed by atoms with E-state index >= 15 is 0 Å². The fraction of sp³-hybridized carbons (Fsp3) is 0.571. The summed E-state index contributed by atoms with van der Waals surface area (Å²) in [6, 6.07) is 0. The molecule has 1 aromatic heterocycles. The van der Waals surface area contributed by atoms with E-state index in [0.29, 0.717) is 0 Å². The monoisotopic (exact) mass is 344 g/mol. The van der Waals surface area contributed by atoms with Gasteiger partial charge in [-0.1, -0.05) is 25.3 Å². The fourth-order valence-electron chi connectivity index (χ4n) is 2.38. The summed E-state index contributed by atoms with van der Waals surface area (Å²) in [7, 11) is -1.90. The molecule has 7 nitrogen and oxygen atoms in total. The molecule has 1 aliphatic heterocycles. The van der Waals surface area contributed by atoms with E-state index in [-0.39, 0.29) is 12.0 Å². The highest BCUT2D eigenvalue weighted by Gasteiger charge is 2.35. The molecule has 2 rings (SSSR count). The number of hydrogen-bond acceptors (Lipinski definition) is 5. The van der Waals surface area contributed by atoms with Crippen molar-refractivity contribution in [3.05, 3.63) is 38.3 Å². The normalized spacial score (nSPS) is 25.8. The maximum Gasteiger partial charge on any atom is 0.330 e. The van der Waals surface area contributed by atoms with Crippen molar-refractivity contribution in [2.75, 3.05) is 6.61 Å². The van der Waals surface area contributed by atoms with Crippen LogP contribution in [0.25, 0.3) is 5.83 Å². The summed E-state index contributed by atoms with van der Waals surface area (Å²) in [4.78, 5) is 25.9. The Kier molecular flexibility index (Phi) is 5.04. The van der Waals surface area contributed by atoms with Crippen LogP contribution >= 0.6 is 0 Å². The van der Waals surface area contributed by atoms with Gasteiger partial charge in [0.25, 0.3) is 5.56 Å². The van der Waals surface area contributed by atoms with E-state index in [0.717, 1.165) is 10.8 Å². The zero-order valence-electron chi connectivity index (χ0n) is 13.2. The minimum Gasteiger partial charge on any atom is -0.394 e. The van der Waals surface area contributed by atoms with Crippen LogP contribution in [0.4, 0.5) is 4.39 Å². The number of H-pyrrole nitrogens is 1. The molecule has 1 aliphatic rings. The highest BCUT2D eigenvalue weighted by molar-refractivity contribution is 6.81. The topological polar surface area (TPSA) is 105 Å². The number of hydrogen-bond donors (Lipinski definition) is 3. The lowest BCUT2D eigenvalue weighted by atomic mass is 10.2. The van der Waals surface area contributed by atoms with Gasteiger partial charge in [-0.25, -0.2) is 9.18 Å². The third kappa shape index (κ3) is 4.05. The van der Waals surface area contributed by atoms with Crippen molar-refractivity contribution < 1.29 is 19.3 Å². The van der Waals surface area contributed by atoms with Crippen molar-refractivity contribution >= 4 is 13.9 Å². The van der Waals surface area contributed by atoms with Crippen LogP contribution in [-0.4, -0.2) is 46.7 Å². The summed E-state index contributed by atoms with van der Waals surface area (Å²) in [5, 5.41) is 18.8. The number of nitrogens with zero attached hydrogens (tertiary/aromatic N) is 1. The zero-order chi connectivity index (χ0) is 17.4. The standard InChI is InChI=1S/C14H21FN2O5Si/c1-23(2,3)7-9(15)8-5-17(14(21)16-13(8)20)12-4-10(19)11(6-18)22-12/h5,7,10-12,18-19H,4,6H2,1-3H3,(H,16,20,21)/b9-7-/t10-,11+,12+/m0/s1. The third-order valence-corrected chi connectivity index (χ3v) is 4.60. The molecule has 0 amide bonds. The minimum atomic E-state index is -1.90. The molecule has 1 fully saturated rings. The molecule has 128 valence electrons. The second-order valence-electron chi connectivity index (χ2n) is 6.68. The Morgan fingerprint density at radius 1 is 1.52 bits per heavy atom. The lowest BCUT2D eigenvalue weighted by molar-refractivity contribution is -0.0459. The quantitative estimate of drug-likeness (QED) is 0.684. The van der Waals surface area contributed by atoms with Crippen molar-refractivity contribution in [3.63, 3.8) is 0 Å². The summed E-state index contributed by atoms with van der Waals surface area (Å²) < 4.78 is 20.7. The van der Waals surface area contributed by atoms with E-state index in [1.807, 2.05) is 19.6 Å². The Morgan fingerprint density at radius 3 is 2.70 bits per heavy atom. The molecule has 0 saturated carbocycles. The van der Waals surface area contributed by atoms with E-state index in [4.69, 9.17) is 9.84 Å². The van der Waals surface area contributed by atoms with Gasteiger partial charge < -0.3 is 14.9 Å². The maximum absolute atomic E-state index is 14.3. The second-order valence-corrected chi connectivity index (χ2v) is 11.7. The average Bonchev–Trinajstić information content (AvgIpc) is 2.77. The molecule has 0 aromatic carbocycles. The third-order valence-electron chi connectivity index (χ3n) is 3.48. The molecule has 9 heteroatoms. The molecule has 0 aliphatic carbocycles. The van der Waals surface area contributed by atoms with Crippen LogP contribution in [0.5, 0.6) is 0 Å². The van der Waals surface area contributed by atoms with Gasteiger partial charge in [0, 0.05) is 12.6 Å². The van der Waals surface area contributed by atoms with Crippen LogP contribution in [0.15, 0.2) is 21.5 Å². The van der Waals surface area contributed by atoms with Crippen LogP contribution in [0, 0.1) is 0 Å². The molecule has 1 saturated heterocycles. The van der Waals surface area contributed by atoms with Crippen molar-refractivity contribution in [1.82, 2.24) is 9.55 Å². The van der Waals surface area contributed by atoms with Gasteiger partial charge in [0.05, 0.1) is 26.3 Å². The van der Waals surface area contributed by atoms with Crippen LogP contribution in [0.2, 0.25) is 19.6 Å². The summed E-state index contributed by atoms with van der Waals surface area (Å²) in [5.41, 5.74) is -0.392. The van der Waals surface area contributed by atoms with Crippen molar-refractivity contribution in [2.45, 2.75) is 44.5 Å². The molecular weight excluding hydrogens is 323 g/mol. The molecule has 0 unspecified atom stereocenters. The molecule has 23 heavy (non-hydrogen) atoms. The van der Waals surface area contributed by atoms with E-state index in [1.165, 1.54) is 5.70 Å². The highest BCUT2D eigenvalue weighted by Crippen LogP contribution is 2.27. The van der Waals surface area contributed by atoms with E-state index < -0.39 is 50.2 Å². The van der Waals surface area contributed by atoms with E-state index in [2.05, 4.69) is 4.98 Å². The van der Waals surface area contributed by atoms with E-state index in [9.17, 15) is 19.1 Å². The number of aromatic nitrogens is 2. The van der Waals surface area contributed by atoms with Crippen LogP contribution in [0.3, 0.4) is 0 Å². The SMILES string of the molecule is C[Si](C)(C)/C=C(\F)c1cn([C@H]2C[C@H](O)[C@@H](CO)O2)c(=O)[nH]c1=O. The number of ether oxygens (including phenoxy) is 1. The second kappa shape index (κ2) is 6.52. The van der Waals surface area contributed by atoms with Gasteiger partial charge in [-0.3, -0.25) is 14.3 Å². The van der Waals surface area contributed by atoms with Gasteiger partial charge in [-0.2, -0.15) is 0 Å². The average molecular weight is 344 g/mol. The highest BCUT2D eigenvalue weighted by atomic mass is 28.3. The first-order chi connectivity index (χ1) is 10.6. The lowest BCUT2D eigenvalue weighted by Gasteiger charge is -2.15. The first-order valence-corrected chi connectivity index (χ1v) is 10.9. The van der Waals surface area contributed by atoms with Crippen molar-refractivity contribution in [3.8, 4) is 0 Å². The Hall–Kier alpha value is -1.55. The number of aliphatic hydroxyl groups excluding tert-OH is 2. The minimum absolute atomic E-state index is 0.0654. The molecule has 0 bridgehead atoms. The Bertz CT molecular complexity index is 721. The van der Waals surface area contributed by atoms with Crippen molar-refractivity contribution in [1.29, 1.82) is 0 Å². The molecule has 3 atom stereocenters. The lowest BCUT2D eigenvalue weighted by Crippen LogP contribution is -2.34. The van der Waals surface area contributed by atoms with Gasteiger partial charge in [0.1, 0.15) is 18.2 Å². The Morgan fingerprint density at radius 2 is 2.17 bits per heavy atom. The number of aliphatic hydroxyl groups is 2. The number of halogens is 1. The van der Waals surface area contributed by atoms with Crippen LogP contribution in [0.1, 0.15) is 18.2 Å². The molecule has 2 heterocycles. The predicted octanol–water partition coefficient (Wildman–Crippen LogP) is 0.365. The maximum atomic E-state index is 14.3. The first-order valence-electron chi connectivity index (χ1n) is 7.31. The van der Waals surface area contributed by atoms with Gasteiger partial charge in [-0.05, 0) is 0 Å². The largest absolute Gasteiger partial charge is 0.394 e. The molecule has 0 radical (unpaired) electrons. The van der Waals surface area contributed by atoms with E-state index in [1.54, 1.807) is 0 Å². The molecule has 3 N–H and O–H groups in total. The summed E-state index contributed by atoms with van der Waals surface area (Å²) in [5.74, 6) is -0.684.